The van der Waals surface area contributed by atoms with Crippen molar-refractivity contribution in [2.45, 2.75) is 0 Å². The molecule has 0 atom stereocenters. The van der Waals surface area contributed by atoms with Crippen LogP contribution in [0.5, 0.6) is 0 Å². The maximum atomic E-state index is 3.68. The molecule has 0 amide bonds. The highest BCUT2D eigenvalue weighted by atomic mass is 32.1. The average molecular weight is 128 g/mol. The number of thiol groups is 1. The minimum atomic E-state index is 1.57. The van der Waals surface area contributed by atoms with E-state index in [0.29, 0.717) is 0 Å². The summed E-state index contributed by atoms with van der Waals surface area (Å²) in [6.07, 6.45) is 3.28. The smallest absolute Gasteiger partial charge is 0.281 e. The average Bonchev–Trinajstić information content (AvgIpc) is 1.88. The largest absolute Gasteiger partial charge is 0.353 e. The molecule has 0 bridgehead atoms. The van der Waals surface area contributed by atoms with Crippen molar-refractivity contribution in [3.8, 4) is 0 Å². The van der Waals surface area contributed by atoms with Gasteiger partial charge in [-0.15, -0.1) is 0 Å². The molecule has 0 unspecified atom stereocenters. The molecule has 1 N–H and O–H groups in total. The molecule has 3 heteroatoms. The predicted octanol–water partition coefficient (Wildman–Crippen LogP) is 1.03. The summed E-state index contributed by atoms with van der Waals surface area (Å²) < 4.78 is 0. The summed E-state index contributed by atoms with van der Waals surface area (Å²) in [4.78, 5) is 0. The highest BCUT2D eigenvalue weighted by molar-refractivity contribution is 8.06. The normalized spacial score (nSPS) is 5.75. The summed E-state index contributed by atoms with van der Waals surface area (Å²) in [6, 6.07) is 0. The molecule has 0 aliphatic heterocycles. The SMILES string of the molecule is C=CC=C.CN[B]S. The molecule has 8 heavy (non-hydrogen) atoms. The Morgan fingerprint density at radius 1 is 1.50 bits per heavy atom. The van der Waals surface area contributed by atoms with E-state index in [1.54, 1.807) is 25.9 Å². The fourth-order valence-electron chi connectivity index (χ4n) is 0. The molecule has 1 radical (unpaired) electrons. The van der Waals surface area contributed by atoms with Crippen molar-refractivity contribution in [3.05, 3.63) is 25.3 Å². The first-order valence-corrected chi connectivity index (χ1v) is 2.71. The van der Waals surface area contributed by atoms with Crippen LogP contribution in [0.2, 0.25) is 0 Å². The number of rotatable bonds is 2. The molecule has 0 spiro atoms. The lowest BCUT2D eigenvalue weighted by atomic mass is 10.4. The van der Waals surface area contributed by atoms with Crippen LogP contribution in [0, 0.1) is 0 Å². The van der Waals surface area contributed by atoms with Gasteiger partial charge in [-0.05, 0) is 7.05 Å². The van der Waals surface area contributed by atoms with Gasteiger partial charge in [0.25, 0.3) is 6.69 Å². The summed E-state index contributed by atoms with van der Waals surface area (Å²) in [7, 11) is 1.80. The Hall–Kier alpha value is -0.145. The van der Waals surface area contributed by atoms with E-state index in [1.165, 1.54) is 0 Å². The fraction of sp³-hybridized carbons (Fsp3) is 0.200. The first-order valence-electron chi connectivity index (χ1n) is 2.20. The van der Waals surface area contributed by atoms with Crippen LogP contribution in [-0.2, 0) is 0 Å². The first kappa shape index (κ1) is 10.8. The Morgan fingerprint density at radius 3 is 1.75 bits per heavy atom. The molecule has 0 rings (SSSR count). The van der Waals surface area contributed by atoms with Crippen LogP contribution in [0.1, 0.15) is 0 Å². The van der Waals surface area contributed by atoms with E-state index in [1.807, 2.05) is 0 Å². The highest BCUT2D eigenvalue weighted by Crippen LogP contribution is 1.52. The quantitative estimate of drug-likeness (QED) is 0.321. The van der Waals surface area contributed by atoms with Crippen molar-refractivity contribution in [2.24, 2.45) is 0 Å². The molecular formula is C5H11BNS. The van der Waals surface area contributed by atoms with E-state index in [4.69, 9.17) is 0 Å². The van der Waals surface area contributed by atoms with Gasteiger partial charge in [0, 0.05) is 0 Å². The third-order valence-electron chi connectivity index (χ3n) is 0.296. The van der Waals surface area contributed by atoms with Gasteiger partial charge in [-0.25, -0.2) is 12.5 Å². The molecule has 45 valence electrons. The van der Waals surface area contributed by atoms with Gasteiger partial charge >= 0.3 is 0 Å². The second kappa shape index (κ2) is 15.8. The first-order chi connectivity index (χ1) is 3.83. The summed E-state index contributed by atoms with van der Waals surface area (Å²) >= 11 is 3.68. The zero-order valence-corrected chi connectivity index (χ0v) is 5.99. The van der Waals surface area contributed by atoms with Crippen molar-refractivity contribution in [2.75, 3.05) is 7.05 Å². The Morgan fingerprint density at radius 2 is 1.75 bits per heavy atom. The second-order valence-electron chi connectivity index (χ2n) is 0.889. The molecule has 0 saturated heterocycles. The van der Waals surface area contributed by atoms with Crippen LogP contribution in [0.3, 0.4) is 0 Å². The summed E-state index contributed by atoms with van der Waals surface area (Å²) in [6.45, 7) is 8.29. The lowest BCUT2D eigenvalue weighted by Gasteiger charge is -1.71. The van der Waals surface area contributed by atoms with E-state index >= 15 is 0 Å². The van der Waals surface area contributed by atoms with Crippen molar-refractivity contribution in [3.63, 3.8) is 0 Å². The van der Waals surface area contributed by atoms with Gasteiger partial charge in [0.2, 0.25) is 0 Å². The fourth-order valence-corrected chi connectivity index (χ4v) is 0. The molecule has 0 aromatic heterocycles. The van der Waals surface area contributed by atoms with Crippen LogP contribution < -0.4 is 5.23 Å². The number of nitrogens with one attached hydrogen (secondary N) is 1. The van der Waals surface area contributed by atoms with Gasteiger partial charge < -0.3 is 5.23 Å². The van der Waals surface area contributed by atoms with Crippen molar-refractivity contribution < 1.29 is 0 Å². The molecule has 0 aliphatic carbocycles. The summed E-state index contributed by atoms with van der Waals surface area (Å²) in [5, 5.41) is 2.67. The van der Waals surface area contributed by atoms with Gasteiger partial charge in [-0.2, -0.15) is 0 Å². The molecule has 0 fully saturated rings. The number of hydrogen-bond acceptors (Lipinski definition) is 2. The molecule has 0 aliphatic rings. The van der Waals surface area contributed by atoms with Crippen LogP contribution >= 0.6 is 12.5 Å². The Labute approximate surface area is 57.4 Å². The number of allylic oxidation sites excluding steroid dienone is 2. The minimum Gasteiger partial charge on any atom is -0.353 e. The molecule has 0 aromatic rings. The van der Waals surface area contributed by atoms with E-state index in [-0.39, 0.29) is 0 Å². The molecule has 0 heterocycles. The van der Waals surface area contributed by atoms with E-state index in [9.17, 15) is 0 Å². The van der Waals surface area contributed by atoms with E-state index in [2.05, 4.69) is 30.9 Å². The number of hydrogen-bond donors (Lipinski definition) is 2. The second-order valence-corrected chi connectivity index (χ2v) is 1.15. The summed E-state index contributed by atoms with van der Waals surface area (Å²) in [5.41, 5.74) is 0. The third kappa shape index (κ3) is 40.1. The molecule has 0 aromatic carbocycles. The zero-order valence-electron chi connectivity index (χ0n) is 5.09. The third-order valence-corrected chi connectivity index (χ3v) is 0.554. The predicted molar refractivity (Wildman–Crippen MR) is 44.2 cm³/mol. The molecule has 1 nitrogen and oxygen atoms in total. The lowest BCUT2D eigenvalue weighted by molar-refractivity contribution is 1.27. The minimum absolute atomic E-state index is 1.57. The Balaban J connectivity index is 0. The van der Waals surface area contributed by atoms with Gasteiger partial charge in [-0.1, -0.05) is 25.3 Å². The van der Waals surface area contributed by atoms with E-state index in [0.717, 1.165) is 0 Å². The maximum Gasteiger partial charge on any atom is 0.281 e. The van der Waals surface area contributed by atoms with Crippen molar-refractivity contribution in [1.82, 2.24) is 5.23 Å². The van der Waals surface area contributed by atoms with Crippen molar-refractivity contribution in [1.29, 1.82) is 0 Å². The van der Waals surface area contributed by atoms with Crippen LogP contribution in [0.25, 0.3) is 0 Å². The standard InChI is InChI=1S/C4H6.CH5BNS/c1-3-4-2;1-3-2-4/h3-4H,1-2H2;3-4H,1H3. The van der Waals surface area contributed by atoms with E-state index < -0.39 is 0 Å². The van der Waals surface area contributed by atoms with Crippen LogP contribution in [-0.4, -0.2) is 13.7 Å². The monoisotopic (exact) mass is 128 g/mol. The maximum absolute atomic E-state index is 3.68. The Kier molecular flexibility index (Phi) is 21.3. The topological polar surface area (TPSA) is 12.0 Å². The molecule has 0 saturated carbocycles. The molecular weight excluding hydrogens is 117 g/mol. The van der Waals surface area contributed by atoms with Gasteiger partial charge in [0.15, 0.2) is 0 Å². The van der Waals surface area contributed by atoms with Crippen LogP contribution in [0.15, 0.2) is 25.3 Å². The summed E-state index contributed by atoms with van der Waals surface area (Å²) in [5.74, 6) is 0. The van der Waals surface area contributed by atoms with Gasteiger partial charge in [-0.3, -0.25) is 0 Å². The lowest BCUT2D eigenvalue weighted by Crippen LogP contribution is -2.03. The Bertz CT molecular complexity index is 48.4. The van der Waals surface area contributed by atoms with Crippen molar-refractivity contribution >= 4 is 19.2 Å². The van der Waals surface area contributed by atoms with Gasteiger partial charge in [0.05, 0.1) is 0 Å². The zero-order chi connectivity index (χ0) is 6.83. The highest BCUT2D eigenvalue weighted by Gasteiger charge is 1.59. The van der Waals surface area contributed by atoms with Gasteiger partial charge in [0.1, 0.15) is 0 Å². The van der Waals surface area contributed by atoms with Crippen LogP contribution in [0.4, 0.5) is 0 Å².